The number of ether oxygens (including phenoxy) is 1. The molecule has 0 amide bonds. The summed E-state index contributed by atoms with van der Waals surface area (Å²) in [5.41, 5.74) is 2.12. The van der Waals surface area contributed by atoms with Crippen molar-refractivity contribution in [2.75, 3.05) is 6.61 Å². The molecule has 4 nitrogen and oxygen atoms in total. The Kier molecular flexibility index (Phi) is 4.44. The minimum absolute atomic E-state index is 0.0392. The van der Waals surface area contributed by atoms with Crippen molar-refractivity contribution in [2.45, 2.75) is 45.6 Å². The molecule has 5 heteroatoms. The van der Waals surface area contributed by atoms with Crippen molar-refractivity contribution >= 4 is 28.3 Å². The van der Waals surface area contributed by atoms with Gasteiger partial charge in [-0.2, -0.15) is 0 Å². The minimum atomic E-state index is -0.0392. The van der Waals surface area contributed by atoms with E-state index in [0.717, 1.165) is 42.1 Å². The monoisotopic (exact) mass is 332 g/mol. The van der Waals surface area contributed by atoms with Crippen LogP contribution in [-0.4, -0.2) is 16.2 Å². The molecule has 0 N–H and O–H groups in total. The Balaban J connectivity index is 2.38. The molecule has 3 rings (SSSR count). The first-order chi connectivity index (χ1) is 11.1. The first-order valence-corrected chi connectivity index (χ1v) is 8.45. The van der Waals surface area contributed by atoms with Gasteiger partial charge in [0, 0.05) is 17.6 Å². The molecule has 2 heterocycles. The van der Waals surface area contributed by atoms with E-state index >= 15 is 0 Å². The number of halogens is 1. The molecule has 0 saturated heterocycles. The van der Waals surface area contributed by atoms with E-state index in [9.17, 15) is 4.79 Å². The topological polar surface area (TPSA) is 44.1 Å². The Bertz CT molecular complexity index is 820. The van der Waals surface area contributed by atoms with Crippen molar-refractivity contribution in [3.63, 3.8) is 0 Å². The Morgan fingerprint density at radius 2 is 2.17 bits per heavy atom. The van der Waals surface area contributed by atoms with Gasteiger partial charge in [0.2, 0.25) is 0 Å². The van der Waals surface area contributed by atoms with Crippen LogP contribution in [0.25, 0.3) is 16.7 Å². The molecular weight excluding hydrogens is 312 g/mol. The van der Waals surface area contributed by atoms with Gasteiger partial charge in [-0.25, -0.2) is 4.98 Å². The molecule has 0 atom stereocenters. The maximum atomic E-state index is 13.2. The zero-order chi connectivity index (χ0) is 16.6. The van der Waals surface area contributed by atoms with Gasteiger partial charge in [-0.05, 0) is 38.3 Å². The molecule has 2 aromatic heterocycles. The van der Waals surface area contributed by atoms with Crippen molar-refractivity contribution in [1.29, 1.82) is 0 Å². The molecule has 0 radical (unpaired) electrons. The number of nitrogens with zero attached hydrogens (tertiary/aromatic N) is 2. The highest BCUT2D eigenvalue weighted by Crippen LogP contribution is 2.34. The second-order valence-electron chi connectivity index (χ2n) is 5.97. The van der Waals surface area contributed by atoms with Gasteiger partial charge in [-0.3, -0.25) is 4.79 Å². The van der Waals surface area contributed by atoms with Crippen molar-refractivity contribution in [2.24, 2.45) is 0 Å². The van der Waals surface area contributed by atoms with E-state index in [2.05, 4.69) is 11.6 Å². The zero-order valence-corrected chi connectivity index (χ0v) is 14.3. The number of pyridine rings is 2. The lowest BCUT2D eigenvalue weighted by atomic mass is 10.0. The Labute approximate surface area is 140 Å². The maximum absolute atomic E-state index is 13.2. The summed E-state index contributed by atoms with van der Waals surface area (Å²) < 4.78 is 7.40. The molecule has 1 fully saturated rings. The molecule has 0 aliphatic heterocycles. The number of hydrogen-bond donors (Lipinski definition) is 0. The minimum Gasteiger partial charge on any atom is -0.494 e. The average Bonchev–Trinajstić information content (AvgIpc) is 3.01. The summed E-state index contributed by atoms with van der Waals surface area (Å²) in [6, 6.07) is 2.08. The summed E-state index contributed by atoms with van der Waals surface area (Å²) in [7, 11) is 0. The molecule has 1 saturated carbocycles. The van der Waals surface area contributed by atoms with E-state index in [1.165, 1.54) is 0 Å². The molecule has 0 bridgehead atoms. The summed E-state index contributed by atoms with van der Waals surface area (Å²) >= 11 is 6.35. The Morgan fingerprint density at radius 3 is 2.83 bits per heavy atom. The second-order valence-corrected chi connectivity index (χ2v) is 6.32. The van der Waals surface area contributed by atoms with E-state index in [-0.39, 0.29) is 11.6 Å². The maximum Gasteiger partial charge on any atom is 0.262 e. The van der Waals surface area contributed by atoms with Gasteiger partial charge in [-0.15, -0.1) is 0 Å². The lowest BCUT2D eigenvalue weighted by Crippen LogP contribution is -2.28. The van der Waals surface area contributed by atoms with Crippen LogP contribution in [0, 0.1) is 6.92 Å². The van der Waals surface area contributed by atoms with Crippen LogP contribution in [0.15, 0.2) is 23.6 Å². The number of rotatable bonds is 4. The van der Waals surface area contributed by atoms with Crippen LogP contribution in [0.3, 0.4) is 0 Å². The van der Waals surface area contributed by atoms with Gasteiger partial charge in [0.05, 0.1) is 17.7 Å². The van der Waals surface area contributed by atoms with Crippen molar-refractivity contribution in [3.05, 3.63) is 45.5 Å². The highest BCUT2D eigenvalue weighted by Gasteiger charge is 2.25. The molecule has 1 aliphatic rings. The van der Waals surface area contributed by atoms with Crippen LogP contribution in [0.2, 0.25) is 5.15 Å². The molecule has 0 aromatic carbocycles. The van der Waals surface area contributed by atoms with Crippen LogP contribution in [-0.2, 0) is 4.74 Å². The SMILES string of the molecule is C=C(OCC)c1c(C)c2c(Cl)nccc2n(C2CCCC2)c1=O. The van der Waals surface area contributed by atoms with Crippen molar-refractivity contribution < 1.29 is 4.74 Å². The van der Waals surface area contributed by atoms with Gasteiger partial charge in [0.1, 0.15) is 10.9 Å². The fourth-order valence-electron chi connectivity index (χ4n) is 3.59. The standard InChI is InChI=1S/C18H21ClN2O2/c1-4-23-12(3)15-11(2)16-14(9-10-20-17(16)19)21(18(15)22)13-7-5-6-8-13/h9-10,13H,3-8H2,1-2H3. The predicted molar refractivity (Wildman–Crippen MR) is 93.9 cm³/mol. The third kappa shape index (κ3) is 2.65. The summed E-state index contributed by atoms with van der Waals surface area (Å²) in [5, 5.41) is 1.23. The zero-order valence-electron chi connectivity index (χ0n) is 13.6. The third-order valence-corrected chi connectivity index (χ3v) is 4.90. The van der Waals surface area contributed by atoms with Crippen molar-refractivity contribution in [3.8, 4) is 0 Å². The summed E-state index contributed by atoms with van der Waals surface area (Å²) in [4.78, 5) is 17.4. The molecular formula is C18H21ClN2O2. The summed E-state index contributed by atoms with van der Waals surface area (Å²) in [5.74, 6) is 0.406. The van der Waals surface area contributed by atoms with E-state index in [4.69, 9.17) is 16.3 Å². The highest BCUT2D eigenvalue weighted by atomic mass is 35.5. The van der Waals surface area contributed by atoms with E-state index in [1.807, 2.05) is 24.5 Å². The van der Waals surface area contributed by atoms with Crippen LogP contribution in [0.4, 0.5) is 0 Å². The van der Waals surface area contributed by atoms with Gasteiger partial charge in [0.15, 0.2) is 0 Å². The first-order valence-electron chi connectivity index (χ1n) is 8.07. The number of aromatic nitrogens is 2. The second kappa shape index (κ2) is 6.36. The predicted octanol–water partition coefficient (Wildman–Crippen LogP) is 4.48. The Morgan fingerprint density at radius 1 is 1.48 bits per heavy atom. The van der Waals surface area contributed by atoms with Gasteiger partial charge in [0.25, 0.3) is 5.56 Å². The van der Waals surface area contributed by atoms with Gasteiger partial charge >= 0.3 is 0 Å². The quantitative estimate of drug-likeness (QED) is 0.612. The number of hydrogen-bond acceptors (Lipinski definition) is 3. The molecule has 0 spiro atoms. The fourth-order valence-corrected chi connectivity index (χ4v) is 3.88. The molecule has 122 valence electrons. The molecule has 0 unspecified atom stereocenters. The fraction of sp³-hybridized carbons (Fsp3) is 0.444. The average molecular weight is 333 g/mol. The van der Waals surface area contributed by atoms with Crippen LogP contribution in [0.5, 0.6) is 0 Å². The van der Waals surface area contributed by atoms with Crippen LogP contribution >= 0.6 is 11.6 Å². The number of aryl methyl sites for hydroxylation is 1. The lowest BCUT2D eigenvalue weighted by molar-refractivity contribution is 0.298. The Hall–Kier alpha value is -1.81. The van der Waals surface area contributed by atoms with Gasteiger partial charge in [-0.1, -0.05) is 31.0 Å². The lowest BCUT2D eigenvalue weighted by Gasteiger charge is -2.21. The molecule has 23 heavy (non-hydrogen) atoms. The normalized spacial score (nSPS) is 15.3. The summed E-state index contributed by atoms with van der Waals surface area (Å²) in [6.45, 7) is 8.18. The first kappa shape index (κ1) is 16.1. The van der Waals surface area contributed by atoms with E-state index in [1.54, 1.807) is 6.20 Å². The highest BCUT2D eigenvalue weighted by molar-refractivity contribution is 6.34. The molecule has 2 aromatic rings. The summed E-state index contributed by atoms with van der Waals surface area (Å²) in [6.07, 6.45) is 5.98. The van der Waals surface area contributed by atoms with Crippen LogP contribution < -0.4 is 5.56 Å². The number of fused-ring (bicyclic) bond motifs is 1. The molecule has 1 aliphatic carbocycles. The van der Waals surface area contributed by atoms with E-state index < -0.39 is 0 Å². The van der Waals surface area contributed by atoms with Gasteiger partial charge < -0.3 is 9.30 Å². The van der Waals surface area contributed by atoms with Crippen molar-refractivity contribution in [1.82, 2.24) is 9.55 Å². The van der Waals surface area contributed by atoms with E-state index in [0.29, 0.717) is 23.1 Å². The largest absolute Gasteiger partial charge is 0.494 e. The third-order valence-electron chi connectivity index (χ3n) is 4.61. The van der Waals surface area contributed by atoms with Crippen LogP contribution in [0.1, 0.15) is 49.8 Å². The smallest absolute Gasteiger partial charge is 0.262 e.